The number of benzene rings is 2. The molecule has 0 aliphatic rings. The lowest BCUT2D eigenvalue weighted by atomic mass is 9.82. The van der Waals surface area contributed by atoms with Crippen molar-refractivity contribution in [2.45, 2.75) is 38.4 Å². The smallest absolute Gasteiger partial charge is 0.405 e. The minimum absolute atomic E-state index is 0.145. The zero-order valence-corrected chi connectivity index (χ0v) is 24.0. The van der Waals surface area contributed by atoms with Crippen LogP contribution in [0.3, 0.4) is 0 Å². The molecule has 0 aliphatic heterocycles. The van der Waals surface area contributed by atoms with Crippen molar-refractivity contribution in [3.05, 3.63) is 58.1 Å². The lowest BCUT2D eigenvalue weighted by molar-refractivity contribution is -0.167. The van der Waals surface area contributed by atoms with Gasteiger partial charge in [0.2, 0.25) is 5.78 Å². The van der Waals surface area contributed by atoms with Crippen LogP contribution in [0, 0.1) is 11.8 Å². The van der Waals surface area contributed by atoms with Gasteiger partial charge in [-0.1, -0.05) is 49.2 Å². The van der Waals surface area contributed by atoms with E-state index in [1.54, 1.807) is 0 Å². The summed E-state index contributed by atoms with van der Waals surface area (Å²) in [6.45, 7) is -0.0371. The summed E-state index contributed by atoms with van der Waals surface area (Å²) in [6.07, 6.45) is -5.87. The van der Waals surface area contributed by atoms with E-state index < -0.39 is 72.9 Å². The van der Waals surface area contributed by atoms with Gasteiger partial charge in [-0.05, 0) is 41.8 Å². The van der Waals surface area contributed by atoms with Crippen molar-refractivity contribution in [1.29, 1.82) is 0 Å². The average Bonchev–Trinajstić information content (AvgIpc) is 2.90. The molecule has 0 saturated carbocycles. The highest BCUT2D eigenvalue weighted by Gasteiger charge is 2.51. The first kappa shape index (κ1) is 34.7. The molecule has 2 aromatic rings. The number of hydrogen-bond acceptors (Lipinski definition) is 6. The van der Waals surface area contributed by atoms with Crippen molar-refractivity contribution >= 4 is 46.6 Å². The Kier molecular flexibility index (Phi) is 12.1. The average molecular weight is 641 g/mol. The van der Waals surface area contributed by atoms with Gasteiger partial charge in [-0.2, -0.15) is 22.0 Å². The van der Waals surface area contributed by atoms with Gasteiger partial charge >= 0.3 is 12.1 Å². The van der Waals surface area contributed by atoms with E-state index in [-0.39, 0.29) is 21.4 Å². The van der Waals surface area contributed by atoms with E-state index in [0.717, 1.165) is 5.32 Å². The first-order chi connectivity index (χ1) is 19.4. The summed E-state index contributed by atoms with van der Waals surface area (Å²) in [7, 11) is 1.39. The van der Waals surface area contributed by atoms with Gasteiger partial charge in [-0.3, -0.25) is 19.2 Å². The SMILES string of the molecule is COc1ccc([C@H](NC(=O)COc2cc(Cl)cc(Cl)c2)C(=O)C[C@H](C(=O)C(F)(F)C(=O)NCC(F)(F)F)C(C)C)cc1. The Bertz CT molecular complexity index is 1270. The Morgan fingerprint density at radius 2 is 1.48 bits per heavy atom. The monoisotopic (exact) mass is 640 g/mol. The number of carbonyl (C=O) groups is 4. The van der Waals surface area contributed by atoms with Crippen molar-refractivity contribution in [3.63, 3.8) is 0 Å². The number of carbonyl (C=O) groups excluding carboxylic acids is 4. The molecule has 15 heteroatoms. The number of ether oxygens (including phenoxy) is 2. The highest BCUT2D eigenvalue weighted by molar-refractivity contribution is 6.34. The van der Waals surface area contributed by atoms with E-state index in [4.69, 9.17) is 32.7 Å². The van der Waals surface area contributed by atoms with Gasteiger partial charge in [0.1, 0.15) is 24.1 Å². The summed E-state index contributed by atoms with van der Waals surface area (Å²) in [6, 6.07) is 8.52. The van der Waals surface area contributed by atoms with Crippen LogP contribution >= 0.6 is 23.2 Å². The molecule has 2 N–H and O–H groups in total. The summed E-state index contributed by atoms with van der Waals surface area (Å²) < 4.78 is 76.9. The van der Waals surface area contributed by atoms with Crippen molar-refractivity contribution in [2.24, 2.45) is 11.8 Å². The number of methoxy groups -OCH3 is 1. The third-order valence-corrected chi connectivity index (χ3v) is 6.33. The normalized spacial score (nSPS) is 13.2. The minimum atomic E-state index is -4.99. The van der Waals surface area contributed by atoms with Gasteiger partial charge in [0.15, 0.2) is 12.4 Å². The number of ketones is 2. The first-order valence-corrected chi connectivity index (χ1v) is 13.0. The third kappa shape index (κ3) is 10.1. The van der Waals surface area contributed by atoms with Gasteiger partial charge in [-0.25, -0.2) is 0 Å². The molecule has 0 aromatic heterocycles. The van der Waals surface area contributed by atoms with Gasteiger partial charge in [-0.15, -0.1) is 0 Å². The third-order valence-electron chi connectivity index (χ3n) is 5.89. The van der Waals surface area contributed by atoms with Crippen LogP contribution in [0.4, 0.5) is 22.0 Å². The number of Topliss-reactive ketones (excluding diaryl/α,β-unsaturated/α-hetero) is 2. The fourth-order valence-corrected chi connectivity index (χ4v) is 4.22. The lowest BCUT2D eigenvalue weighted by Gasteiger charge is -2.26. The second-order valence-corrected chi connectivity index (χ2v) is 10.3. The molecule has 0 fully saturated rings. The van der Waals surface area contributed by atoms with Crippen LogP contribution in [0.15, 0.2) is 42.5 Å². The van der Waals surface area contributed by atoms with Crippen molar-refractivity contribution in [3.8, 4) is 11.5 Å². The Labute approximate surface area is 247 Å². The molecule has 2 rings (SSSR count). The van der Waals surface area contributed by atoms with Crippen LogP contribution in [-0.4, -0.2) is 55.7 Å². The number of rotatable bonds is 14. The maximum atomic E-state index is 14.6. The summed E-state index contributed by atoms with van der Waals surface area (Å²) in [4.78, 5) is 50.6. The largest absolute Gasteiger partial charge is 0.497 e. The maximum Gasteiger partial charge on any atom is 0.405 e. The molecule has 42 heavy (non-hydrogen) atoms. The zero-order valence-electron chi connectivity index (χ0n) is 22.5. The molecule has 2 aromatic carbocycles. The quantitative estimate of drug-likeness (QED) is 0.213. The van der Waals surface area contributed by atoms with Gasteiger partial charge in [0.05, 0.1) is 7.11 Å². The van der Waals surface area contributed by atoms with Crippen LogP contribution in [0.25, 0.3) is 0 Å². The second-order valence-electron chi connectivity index (χ2n) is 9.42. The molecule has 0 aliphatic carbocycles. The Balaban J connectivity index is 2.27. The van der Waals surface area contributed by atoms with Crippen LogP contribution < -0.4 is 20.1 Å². The van der Waals surface area contributed by atoms with E-state index in [9.17, 15) is 41.1 Å². The number of hydrogen-bond donors (Lipinski definition) is 2. The van der Waals surface area contributed by atoms with Crippen molar-refractivity contribution < 1.29 is 50.6 Å². The Hall–Kier alpha value is -3.45. The number of halogens is 7. The number of amides is 2. The standard InChI is InChI=1S/C27H27Cl2F5N2O6/c1-14(2)20(24(39)27(33,34)25(40)35-13-26(30,31)32)11-21(37)23(15-4-6-18(41-3)7-5-15)36-22(38)12-42-19-9-16(28)8-17(29)10-19/h4-10,14,20,23H,11-13H2,1-3H3,(H,35,40)(H,36,38)/t20-,23-/m0/s1. The van der Waals surface area contributed by atoms with Gasteiger partial charge < -0.3 is 20.1 Å². The molecule has 2 amide bonds. The topological polar surface area (TPSA) is 111 Å². The van der Waals surface area contributed by atoms with Crippen molar-refractivity contribution in [2.75, 3.05) is 20.3 Å². The second kappa shape index (κ2) is 14.6. The first-order valence-electron chi connectivity index (χ1n) is 12.3. The van der Waals surface area contributed by atoms with Crippen LogP contribution in [0.1, 0.15) is 31.9 Å². The van der Waals surface area contributed by atoms with Crippen LogP contribution in [0.2, 0.25) is 10.0 Å². The van der Waals surface area contributed by atoms with E-state index >= 15 is 0 Å². The van der Waals surface area contributed by atoms with Gasteiger partial charge in [0.25, 0.3) is 11.8 Å². The zero-order chi connectivity index (χ0) is 31.8. The van der Waals surface area contributed by atoms with E-state index in [1.165, 1.54) is 63.4 Å². The van der Waals surface area contributed by atoms with E-state index in [2.05, 4.69) is 5.32 Å². The fourth-order valence-electron chi connectivity index (χ4n) is 3.71. The highest BCUT2D eigenvalue weighted by Crippen LogP contribution is 2.30. The number of alkyl halides is 5. The molecular formula is C27H27Cl2F5N2O6. The minimum Gasteiger partial charge on any atom is -0.497 e. The van der Waals surface area contributed by atoms with Crippen LogP contribution in [0.5, 0.6) is 11.5 Å². The molecule has 0 bridgehead atoms. The summed E-state index contributed by atoms with van der Waals surface area (Å²) >= 11 is 11.8. The van der Waals surface area contributed by atoms with Gasteiger partial charge in [0, 0.05) is 22.4 Å². The Morgan fingerprint density at radius 1 is 0.905 bits per heavy atom. The van der Waals surface area contributed by atoms with E-state index in [1.807, 2.05) is 0 Å². The molecule has 8 nitrogen and oxygen atoms in total. The van der Waals surface area contributed by atoms with Crippen molar-refractivity contribution in [1.82, 2.24) is 10.6 Å². The molecule has 0 saturated heterocycles. The molecule has 0 spiro atoms. The molecule has 230 valence electrons. The summed E-state index contributed by atoms with van der Waals surface area (Å²) in [5.41, 5.74) is 0.199. The number of nitrogens with one attached hydrogen (secondary N) is 2. The predicted octanol–water partition coefficient (Wildman–Crippen LogP) is 5.35. The summed E-state index contributed by atoms with van der Waals surface area (Å²) in [5.74, 6) is -13.2. The Morgan fingerprint density at radius 3 is 1.98 bits per heavy atom. The molecule has 0 heterocycles. The molecular weight excluding hydrogens is 614 g/mol. The van der Waals surface area contributed by atoms with E-state index in [0.29, 0.717) is 5.75 Å². The molecule has 0 unspecified atom stereocenters. The summed E-state index contributed by atoms with van der Waals surface area (Å²) in [5, 5.41) is 3.89. The molecule has 0 radical (unpaired) electrons. The fraction of sp³-hybridized carbons (Fsp3) is 0.407. The maximum absolute atomic E-state index is 14.6. The van der Waals surface area contributed by atoms with Crippen LogP contribution in [-0.2, 0) is 19.2 Å². The highest BCUT2D eigenvalue weighted by atomic mass is 35.5. The molecule has 2 atom stereocenters. The predicted molar refractivity (Wildman–Crippen MR) is 143 cm³/mol. The lowest BCUT2D eigenvalue weighted by Crippen LogP contribution is -2.51.